The van der Waals surface area contributed by atoms with Crippen LogP contribution in [0.25, 0.3) is 11.1 Å². The first kappa shape index (κ1) is 12.4. The summed E-state index contributed by atoms with van der Waals surface area (Å²) < 4.78 is 5.89. The second-order valence-electron chi connectivity index (χ2n) is 4.34. The van der Waals surface area contributed by atoms with Gasteiger partial charge in [-0.3, -0.25) is 9.97 Å². The molecule has 0 saturated carbocycles. The first-order chi connectivity index (χ1) is 9.93. The molecule has 1 aromatic carbocycles. The lowest BCUT2D eigenvalue weighted by Crippen LogP contribution is -1.98. The predicted molar refractivity (Wildman–Crippen MR) is 78.2 cm³/mol. The molecule has 0 amide bonds. The van der Waals surface area contributed by atoms with E-state index in [4.69, 9.17) is 4.74 Å². The Hall–Kier alpha value is -2.68. The third-order valence-corrected chi connectivity index (χ3v) is 2.98. The van der Waals surface area contributed by atoms with E-state index in [0.29, 0.717) is 6.61 Å². The van der Waals surface area contributed by atoms with Crippen LogP contribution >= 0.6 is 0 Å². The third-order valence-electron chi connectivity index (χ3n) is 2.98. The Balaban J connectivity index is 1.84. The zero-order chi connectivity index (χ0) is 13.6. The van der Waals surface area contributed by atoms with Gasteiger partial charge >= 0.3 is 0 Å². The molecule has 0 saturated heterocycles. The highest BCUT2D eigenvalue weighted by Crippen LogP contribution is 2.29. The van der Waals surface area contributed by atoms with Crippen molar-refractivity contribution in [1.82, 2.24) is 9.97 Å². The molecule has 20 heavy (non-hydrogen) atoms. The number of ether oxygens (including phenoxy) is 1. The maximum absolute atomic E-state index is 5.89. The lowest BCUT2D eigenvalue weighted by atomic mass is 10.1. The van der Waals surface area contributed by atoms with Gasteiger partial charge in [-0.15, -0.1) is 0 Å². The van der Waals surface area contributed by atoms with Gasteiger partial charge in [0.1, 0.15) is 12.4 Å². The van der Waals surface area contributed by atoms with Gasteiger partial charge < -0.3 is 4.74 Å². The summed E-state index contributed by atoms with van der Waals surface area (Å²) in [6, 6.07) is 17.7. The van der Waals surface area contributed by atoms with Gasteiger partial charge in [-0.25, -0.2) is 0 Å². The number of aromatic nitrogens is 2. The zero-order valence-corrected chi connectivity index (χ0v) is 10.9. The molecule has 0 N–H and O–H groups in total. The molecule has 0 bridgehead atoms. The minimum atomic E-state index is 0.461. The van der Waals surface area contributed by atoms with E-state index in [9.17, 15) is 0 Å². The predicted octanol–water partition coefficient (Wildman–Crippen LogP) is 3.72. The van der Waals surface area contributed by atoms with Gasteiger partial charge in [0.05, 0.1) is 5.69 Å². The zero-order valence-electron chi connectivity index (χ0n) is 10.9. The summed E-state index contributed by atoms with van der Waals surface area (Å²) in [4.78, 5) is 8.30. The highest BCUT2D eigenvalue weighted by atomic mass is 16.5. The fourth-order valence-electron chi connectivity index (χ4n) is 2.00. The van der Waals surface area contributed by atoms with Gasteiger partial charge in [-0.05, 0) is 35.9 Å². The fourth-order valence-corrected chi connectivity index (χ4v) is 2.00. The average molecular weight is 262 g/mol. The van der Waals surface area contributed by atoms with Gasteiger partial charge in [-0.1, -0.05) is 24.3 Å². The number of hydrogen-bond acceptors (Lipinski definition) is 3. The third kappa shape index (κ3) is 2.83. The Morgan fingerprint density at radius 1 is 0.800 bits per heavy atom. The molecule has 0 atom stereocenters. The number of para-hydroxylation sites is 1. The first-order valence-corrected chi connectivity index (χ1v) is 6.45. The summed E-state index contributed by atoms with van der Waals surface area (Å²) in [6.45, 7) is 0.461. The number of hydrogen-bond donors (Lipinski definition) is 0. The highest BCUT2D eigenvalue weighted by molar-refractivity contribution is 5.69. The number of nitrogens with zero attached hydrogens (tertiary/aromatic N) is 2. The van der Waals surface area contributed by atoms with Crippen molar-refractivity contribution in [3.63, 3.8) is 0 Å². The minimum Gasteiger partial charge on any atom is -0.487 e. The van der Waals surface area contributed by atoms with E-state index >= 15 is 0 Å². The molecule has 3 heteroatoms. The van der Waals surface area contributed by atoms with Crippen molar-refractivity contribution < 1.29 is 4.74 Å². The monoisotopic (exact) mass is 262 g/mol. The number of benzene rings is 1. The van der Waals surface area contributed by atoms with Crippen LogP contribution in [0.5, 0.6) is 5.75 Å². The number of pyridine rings is 2. The van der Waals surface area contributed by atoms with E-state index in [1.54, 1.807) is 18.6 Å². The Morgan fingerprint density at radius 2 is 1.60 bits per heavy atom. The van der Waals surface area contributed by atoms with Crippen molar-refractivity contribution in [2.75, 3.05) is 0 Å². The molecule has 0 aliphatic rings. The maximum Gasteiger partial charge on any atom is 0.130 e. The van der Waals surface area contributed by atoms with Crippen molar-refractivity contribution in [2.24, 2.45) is 0 Å². The molecule has 2 heterocycles. The van der Waals surface area contributed by atoms with Gasteiger partial charge in [0, 0.05) is 24.2 Å². The van der Waals surface area contributed by atoms with Gasteiger partial charge in [0.15, 0.2) is 0 Å². The van der Waals surface area contributed by atoms with Crippen molar-refractivity contribution in [3.8, 4) is 16.9 Å². The number of rotatable bonds is 4. The molecular weight excluding hydrogens is 248 g/mol. The van der Waals surface area contributed by atoms with Gasteiger partial charge in [0.2, 0.25) is 0 Å². The molecule has 0 radical (unpaired) electrons. The van der Waals surface area contributed by atoms with E-state index in [1.807, 2.05) is 54.6 Å². The standard InChI is InChI=1S/C17H14N2O/c1-2-7-17(20-13-15-5-3-4-10-19-15)16(6-1)14-8-11-18-12-9-14/h1-12H,13H2. The topological polar surface area (TPSA) is 35.0 Å². The van der Waals surface area contributed by atoms with Crippen molar-refractivity contribution in [3.05, 3.63) is 78.9 Å². The molecule has 3 rings (SSSR count). The Kier molecular flexibility index (Phi) is 3.69. The normalized spacial score (nSPS) is 10.2. The van der Waals surface area contributed by atoms with Crippen LogP contribution in [-0.4, -0.2) is 9.97 Å². The quantitative estimate of drug-likeness (QED) is 0.718. The van der Waals surface area contributed by atoms with Crippen molar-refractivity contribution in [2.45, 2.75) is 6.61 Å². The fraction of sp³-hybridized carbons (Fsp3) is 0.0588. The summed E-state index contributed by atoms with van der Waals surface area (Å²) in [7, 11) is 0. The first-order valence-electron chi connectivity index (χ1n) is 6.45. The summed E-state index contributed by atoms with van der Waals surface area (Å²) in [5.41, 5.74) is 3.07. The van der Waals surface area contributed by atoms with Crippen LogP contribution in [0, 0.1) is 0 Å². The van der Waals surface area contributed by atoms with E-state index in [0.717, 1.165) is 22.6 Å². The van der Waals surface area contributed by atoms with Crippen LogP contribution in [0.3, 0.4) is 0 Å². The molecule has 0 fully saturated rings. The van der Waals surface area contributed by atoms with Crippen LogP contribution in [0.1, 0.15) is 5.69 Å². The highest BCUT2D eigenvalue weighted by Gasteiger charge is 2.05. The lowest BCUT2D eigenvalue weighted by Gasteiger charge is -2.11. The average Bonchev–Trinajstić information content (AvgIpc) is 2.55. The van der Waals surface area contributed by atoms with Crippen molar-refractivity contribution in [1.29, 1.82) is 0 Å². The second-order valence-corrected chi connectivity index (χ2v) is 4.34. The largest absolute Gasteiger partial charge is 0.487 e. The van der Waals surface area contributed by atoms with Crippen LogP contribution in [0.4, 0.5) is 0 Å². The second kappa shape index (κ2) is 5.97. The smallest absolute Gasteiger partial charge is 0.130 e. The van der Waals surface area contributed by atoms with Gasteiger partial charge in [0.25, 0.3) is 0 Å². The van der Waals surface area contributed by atoms with Crippen molar-refractivity contribution >= 4 is 0 Å². The molecular formula is C17H14N2O. The molecule has 3 aromatic rings. The molecule has 0 unspecified atom stereocenters. The SMILES string of the molecule is c1ccc(COc2ccccc2-c2ccncc2)nc1. The summed E-state index contributed by atoms with van der Waals surface area (Å²) in [6.07, 6.45) is 5.34. The molecule has 2 aromatic heterocycles. The van der Waals surface area contributed by atoms with E-state index in [1.165, 1.54) is 0 Å². The lowest BCUT2D eigenvalue weighted by molar-refractivity contribution is 0.302. The molecule has 0 spiro atoms. The van der Waals surface area contributed by atoms with Crippen LogP contribution in [0.2, 0.25) is 0 Å². The van der Waals surface area contributed by atoms with Crippen LogP contribution < -0.4 is 4.74 Å². The van der Waals surface area contributed by atoms with E-state index in [2.05, 4.69) is 9.97 Å². The summed E-state index contributed by atoms with van der Waals surface area (Å²) >= 11 is 0. The molecule has 0 aliphatic carbocycles. The summed E-state index contributed by atoms with van der Waals surface area (Å²) in [5.74, 6) is 0.851. The van der Waals surface area contributed by atoms with Crippen LogP contribution in [0.15, 0.2) is 73.2 Å². The molecule has 98 valence electrons. The minimum absolute atomic E-state index is 0.461. The van der Waals surface area contributed by atoms with Gasteiger partial charge in [-0.2, -0.15) is 0 Å². The molecule has 0 aliphatic heterocycles. The Morgan fingerprint density at radius 3 is 2.40 bits per heavy atom. The summed E-state index contributed by atoms with van der Waals surface area (Å²) in [5, 5.41) is 0. The maximum atomic E-state index is 5.89. The van der Waals surface area contributed by atoms with E-state index < -0.39 is 0 Å². The van der Waals surface area contributed by atoms with Crippen LogP contribution in [-0.2, 0) is 6.61 Å². The molecule has 3 nitrogen and oxygen atoms in total. The Bertz CT molecular complexity index is 669. The van der Waals surface area contributed by atoms with E-state index in [-0.39, 0.29) is 0 Å². The Labute approximate surface area is 117 Å².